The number of rotatable bonds is 23. The number of ether oxygens (including phenoxy) is 6. The molecule has 12 rings (SSSR count). The Bertz CT molecular complexity index is 3350. The topological polar surface area (TPSA) is 273 Å². The number of aldehydes is 1. The Morgan fingerprint density at radius 3 is 1.09 bits per heavy atom. The number of amides is 4. The predicted molar refractivity (Wildman–Crippen MR) is 474 cm³/mol. The van der Waals surface area contributed by atoms with Crippen LogP contribution in [0.1, 0.15) is 219 Å². The van der Waals surface area contributed by atoms with E-state index in [4.69, 9.17) is 41.0 Å². The van der Waals surface area contributed by atoms with Gasteiger partial charge < -0.3 is 84.7 Å². The number of carbonyl (C=O) groups is 6. The lowest BCUT2D eigenvalue weighted by atomic mass is 9.97. The molecule has 0 radical (unpaired) electrons. The fraction of sp³-hybridized carbons (Fsp3) is 0.674. The van der Waals surface area contributed by atoms with Crippen LogP contribution in [0.5, 0.6) is 0 Å². The third-order valence-electron chi connectivity index (χ3n) is 20.2. The number of benzene rings is 3. The summed E-state index contributed by atoms with van der Waals surface area (Å²) in [6, 6.07) is 33.6. The first-order valence-corrected chi connectivity index (χ1v) is 42.1. The van der Waals surface area contributed by atoms with Crippen LogP contribution in [-0.2, 0) is 38.0 Å². The predicted octanol–water partition coefficient (Wildman–Crippen LogP) is 17.0. The maximum absolute atomic E-state index is 12.0. The maximum atomic E-state index is 12.0. The number of methoxy groups -OCH3 is 1. The van der Waals surface area contributed by atoms with Crippen LogP contribution in [0.2, 0.25) is 0 Å². The van der Waals surface area contributed by atoms with Crippen molar-refractivity contribution in [3.8, 4) is 0 Å². The van der Waals surface area contributed by atoms with E-state index >= 15 is 0 Å². The highest BCUT2D eigenvalue weighted by molar-refractivity contribution is 5.85. The van der Waals surface area contributed by atoms with Crippen molar-refractivity contribution < 1.29 is 68.8 Å². The van der Waals surface area contributed by atoms with Crippen LogP contribution in [0, 0.1) is 47.3 Å². The maximum Gasteiger partial charge on any atom is 0.410 e. The number of hydrogen-bond acceptors (Lipinski definition) is 18. The molecule has 0 unspecified atom stereocenters. The lowest BCUT2D eigenvalue weighted by molar-refractivity contribution is -0.143. The molecule has 6 heterocycles. The molecule has 0 bridgehead atoms. The van der Waals surface area contributed by atoms with E-state index in [2.05, 4.69) is 145 Å². The monoisotopic (exact) mass is 1660 g/mol. The lowest BCUT2D eigenvalue weighted by Crippen LogP contribution is -2.52. The van der Waals surface area contributed by atoms with E-state index in [0.29, 0.717) is 87.6 Å². The minimum atomic E-state index is -0.468. The van der Waals surface area contributed by atoms with Crippen molar-refractivity contribution in [1.82, 2.24) is 35.6 Å². The number of aliphatic hydroxyl groups excluding tert-OH is 2. The lowest BCUT2D eigenvalue weighted by Gasteiger charge is -2.39. The number of halogens is 2. The van der Waals surface area contributed by atoms with E-state index in [-0.39, 0.29) is 67.7 Å². The highest BCUT2D eigenvalue weighted by Crippen LogP contribution is 2.42. The highest BCUT2D eigenvalue weighted by atomic mass is 35.5. The van der Waals surface area contributed by atoms with E-state index in [1.165, 1.54) is 94.0 Å². The Kier molecular flexibility index (Phi) is 48.7. The second kappa shape index (κ2) is 54.5. The van der Waals surface area contributed by atoms with Gasteiger partial charge in [-0.15, -0.1) is 24.8 Å². The van der Waals surface area contributed by atoms with Crippen molar-refractivity contribution in [1.29, 1.82) is 0 Å². The Morgan fingerprint density at radius 1 is 0.517 bits per heavy atom. The molecule has 9 fully saturated rings. The smallest absolute Gasteiger partial charge is 0.410 e. The summed E-state index contributed by atoms with van der Waals surface area (Å²) in [5, 5.41) is 26.5. The van der Waals surface area contributed by atoms with Crippen molar-refractivity contribution in [2.75, 3.05) is 113 Å². The molecule has 24 heteroatoms. The molecule has 3 saturated carbocycles. The van der Waals surface area contributed by atoms with Crippen molar-refractivity contribution in [2.45, 2.75) is 242 Å². The summed E-state index contributed by atoms with van der Waals surface area (Å²) in [5.74, 6) is 4.41. The SMILES string of the molecule is C1CCOC1.CC(C)(C)OC(=O)N1CC(CC=O)C1.CC(C)(C)OC(=O)N1CC(CCO)C1.CC/C(=C\c1ccccc1)[C@@H]1C[C@H]1N.CC/C(=C\c1ccccc1)[C@@H]1C[C@H]1NCCC1CN(C(=O)OC(C)(C)C)C1.CC/C(=C\c1ccccc1)[C@@H]1C[C@H]1NCCC1CNC1.CO.COC(=O)CC1CN(C(=O)OC(C)(C)C)C1.Cl.Cl.[2H]CC. The summed E-state index contributed by atoms with van der Waals surface area (Å²) in [7, 11) is 2.37. The number of nitrogens with two attached hydrogens (primary N) is 1. The molecule has 3 aromatic rings. The summed E-state index contributed by atoms with van der Waals surface area (Å²) >= 11 is 0. The molecule has 4 amide bonds. The molecular weight excluding hydrogens is 1510 g/mol. The van der Waals surface area contributed by atoms with E-state index in [9.17, 15) is 28.8 Å². The fourth-order valence-electron chi connectivity index (χ4n) is 13.5. The van der Waals surface area contributed by atoms with Crippen molar-refractivity contribution in [3.63, 3.8) is 0 Å². The van der Waals surface area contributed by atoms with Gasteiger partial charge >= 0.3 is 30.3 Å². The summed E-state index contributed by atoms with van der Waals surface area (Å²) in [6.45, 7) is 43.8. The molecule has 658 valence electrons. The minimum absolute atomic E-state index is 0. The Morgan fingerprint density at radius 2 is 0.828 bits per heavy atom. The molecule has 7 N–H and O–H groups in total. The first-order chi connectivity index (χ1) is 54.6. The Balaban J connectivity index is 0.000000470. The molecule has 116 heavy (non-hydrogen) atoms. The largest absolute Gasteiger partial charge is 0.469 e. The molecule has 0 spiro atoms. The Labute approximate surface area is 711 Å². The number of aliphatic hydroxyl groups is 2. The van der Waals surface area contributed by atoms with E-state index in [1.807, 2.05) is 94.1 Å². The van der Waals surface area contributed by atoms with Crippen LogP contribution in [-0.4, -0.2) is 220 Å². The van der Waals surface area contributed by atoms with E-state index in [0.717, 1.165) is 103 Å². The molecule has 22 nitrogen and oxygen atoms in total. The van der Waals surface area contributed by atoms with Gasteiger partial charge in [0.05, 0.1) is 13.5 Å². The van der Waals surface area contributed by atoms with Crippen LogP contribution in [0.15, 0.2) is 108 Å². The van der Waals surface area contributed by atoms with Gasteiger partial charge in [-0.1, -0.05) is 161 Å². The van der Waals surface area contributed by atoms with Crippen LogP contribution in [0.25, 0.3) is 18.2 Å². The summed E-state index contributed by atoms with van der Waals surface area (Å²) in [6.07, 6.45) is 20.8. The van der Waals surface area contributed by atoms with E-state index in [1.54, 1.807) is 32.8 Å². The van der Waals surface area contributed by atoms with Crippen LogP contribution < -0.4 is 21.7 Å². The number of nitrogens with one attached hydrogen (secondary N) is 3. The zero-order valence-electron chi connectivity index (χ0n) is 74.8. The first kappa shape index (κ1) is 104. The van der Waals surface area contributed by atoms with Gasteiger partial charge in [-0.2, -0.15) is 0 Å². The van der Waals surface area contributed by atoms with Crippen LogP contribution in [0.3, 0.4) is 0 Å². The molecule has 3 aliphatic carbocycles. The van der Waals surface area contributed by atoms with Crippen LogP contribution in [0.4, 0.5) is 19.2 Å². The van der Waals surface area contributed by atoms with Gasteiger partial charge in [-0.05, 0) is 232 Å². The molecule has 3 aromatic carbocycles. The number of likely N-dealkylation sites (tertiary alicyclic amines) is 4. The summed E-state index contributed by atoms with van der Waals surface area (Å²) in [5.41, 5.74) is 12.7. The van der Waals surface area contributed by atoms with Crippen molar-refractivity contribution >= 4 is 79.7 Å². The Hall–Kier alpha value is -6.60. The second-order valence-corrected chi connectivity index (χ2v) is 34.9. The molecule has 6 saturated heterocycles. The molecule has 6 aliphatic heterocycles. The van der Waals surface area contributed by atoms with Crippen molar-refractivity contribution in [2.24, 2.45) is 53.1 Å². The standard InChI is InChI=1S/C23H34N2O2.C18H26N2.C13H17N.C11H19NO4.C10H19NO3.C10H17NO3.C4H8O.C2H6.CH4O.2ClH/c1-5-19(13-17-9-7-6-8-10-17)20-14-21(20)24-12-11-18-15-25(16-18)22(26)27-23(2,3)4;1-2-16(10-14-6-4-3-5-7-14)17-11-18(17)20-9-8-15-12-19-13-15;1-2-11(12-9-13(12)14)8-10-6-4-3-5-7-10;1-11(2,3)16-10(14)12-6-8(7-12)5-9(13)15-4;2*1-10(2,3)14-9(13)11-6-8(7-11)4-5-12;1-2-4-5-3-1;2*1-2;;/h6-10,13,18,20-21,24H,5,11-12,14-16H2,1-4H3;3-7,10,15,17-20H,2,8-9,11-13H2,1H3;3-8,12-13H,2,9,14H2,1H3;8H,5-7H2,1-4H3;8,12H,4-7H2,1-3H3;5,8H,4,6-7H2,1-3H3;1-4H2;1-2H3;2H,1H3;2*1H/b19-13+;16-10+;11-8+;;;;;;;;/t20-,21+;17-,18+;12-,13+;;;;;;;;/m000......../s1/i;;;;;;;1D;;;. The fourth-order valence-corrected chi connectivity index (χ4v) is 13.5. The van der Waals surface area contributed by atoms with Gasteiger partial charge in [0.25, 0.3) is 0 Å². The summed E-state index contributed by atoms with van der Waals surface area (Å²) < 4.78 is 36.7. The molecule has 9 aliphatic rings. The third kappa shape index (κ3) is 42.9. The average molecular weight is 1670 g/mol. The minimum Gasteiger partial charge on any atom is -0.469 e. The van der Waals surface area contributed by atoms with Gasteiger partial charge in [0.15, 0.2) is 0 Å². The van der Waals surface area contributed by atoms with Gasteiger partial charge in [0.1, 0.15) is 28.7 Å². The number of hydrogen-bond donors (Lipinski definition) is 6. The van der Waals surface area contributed by atoms with E-state index < -0.39 is 22.4 Å². The first-order valence-electron chi connectivity index (χ1n) is 42.9. The number of nitrogens with zero attached hydrogens (tertiary/aromatic N) is 4. The normalized spacial score (nSPS) is 20.9. The van der Waals surface area contributed by atoms with Gasteiger partial charge in [0.2, 0.25) is 0 Å². The van der Waals surface area contributed by atoms with Crippen LogP contribution >= 0.6 is 24.8 Å². The third-order valence-corrected chi connectivity index (χ3v) is 20.2. The number of esters is 1. The van der Waals surface area contributed by atoms with Gasteiger partial charge in [-0.25, -0.2) is 19.2 Å². The second-order valence-electron chi connectivity index (χ2n) is 34.9. The quantitative estimate of drug-likeness (QED) is 0.0292. The average Bonchev–Trinajstić information content (AvgIpc) is 1.72. The van der Waals surface area contributed by atoms with Gasteiger partial charge in [0, 0.05) is 117 Å². The molecular formula is C92H152Cl2N8O14. The zero-order valence-corrected chi connectivity index (χ0v) is 75.4. The number of carbonyl (C=O) groups excluding carboxylic acids is 6. The molecule has 0 aromatic heterocycles. The molecule has 6 atom stereocenters. The van der Waals surface area contributed by atoms with Gasteiger partial charge in [-0.3, -0.25) is 4.79 Å². The van der Waals surface area contributed by atoms with Crippen molar-refractivity contribution in [3.05, 3.63) is 124 Å². The highest BCUT2D eigenvalue weighted by Gasteiger charge is 2.42. The zero-order chi connectivity index (χ0) is 85.3. The summed E-state index contributed by atoms with van der Waals surface area (Å²) in [4.78, 5) is 74.2.